The Labute approximate surface area is 220 Å². The van der Waals surface area contributed by atoms with Crippen LogP contribution in [0.4, 0.5) is 0 Å². The fraction of sp³-hybridized carbons (Fsp3) is 0.280. The molecule has 2 aromatic rings. The molecule has 0 spiro atoms. The average molecular weight is 558 g/mol. The molecule has 4 rings (SSSR count). The number of halogens is 1. The first kappa shape index (κ1) is 28.9. The zero-order valence-electron chi connectivity index (χ0n) is 19.2. The van der Waals surface area contributed by atoms with E-state index in [2.05, 4.69) is 33.6 Å². The molecule has 0 saturated carbocycles. The van der Waals surface area contributed by atoms with Crippen LogP contribution in [0.1, 0.15) is 11.1 Å². The van der Waals surface area contributed by atoms with Gasteiger partial charge in [-0.05, 0) is 12.1 Å². The zero-order chi connectivity index (χ0) is 22.3. The molecule has 0 bridgehead atoms. The van der Waals surface area contributed by atoms with Gasteiger partial charge in [0.05, 0.1) is 25.7 Å². The second-order valence-electron chi connectivity index (χ2n) is 6.61. The molecule has 170 valence electrons. The van der Waals surface area contributed by atoms with Gasteiger partial charge in [-0.25, -0.2) is 0 Å². The van der Waals surface area contributed by atoms with Crippen LogP contribution < -0.4 is 49.5 Å². The first-order chi connectivity index (χ1) is 15.1. The van der Waals surface area contributed by atoms with Gasteiger partial charge in [0.1, 0.15) is 0 Å². The molecule has 0 amide bonds. The smallest absolute Gasteiger partial charge is 0.510 e. The number of nitrogens with zero attached hydrogens (tertiary/aromatic N) is 1. The number of ether oxygens (including phenoxy) is 3. The van der Waals surface area contributed by atoms with Crippen molar-refractivity contribution in [3.8, 4) is 11.5 Å². The Morgan fingerprint density at radius 1 is 1.00 bits per heavy atom. The minimum Gasteiger partial charge on any atom is -0.510 e. The van der Waals surface area contributed by atoms with Crippen molar-refractivity contribution in [3.63, 3.8) is 0 Å². The summed E-state index contributed by atoms with van der Waals surface area (Å²) in [6, 6.07) is 15.3. The molecule has 4 nitrogen and oxygen atoms in total. The summed E-state index contributed by atoms with van der Waals surface area (Å²) < 4.78 is 19.1. The molecule has 1 fully saturated rings. The molecule has 2 aliphatic heterocycles. The summed E-state index contributed by atoms with van der Waals surface area (Å²) in [5.74, 6) is 1.73. The van der Waals surface area contributed by atoms with Gasteiger partial charge in [0, 0.05) is 0 Å². The van der Waals surface area contributed by atoms with Crippen LogP contribution >= 0.6 is 11.8 Å². The van der Waals surface area contributed by atoms with Crippen molar-refractivity contribution in [2.75, 3.05) is 47.1 Å². The van der Waals surface area contributed by atoms with Crippen LogP contribution in [0, 0.1) is 19.3 Å². The van der Waals surface area contributed by atoms with Crippen LogP contribution in [0.25, 0.3) is 0 Å². The molecular formula is C25H30ILiNO3S-3. The molecule has 0 aliphatic carbocycles. The summed E-state index contributed by atoms with van der Waals surface area (Å²) in [6.45, 7) is 12.7. The van der Waals surface area contributed by atoms with E-state index in [9.17, 15) is 0 Å². The minimum absolute atomic E-state index is 0. The van der Waals surface area contributed by atoms with E-state index in [0.717, 1.165) is 55.5 Å². The first-order valence-electron chi connectivity index (χ1n) is 9.88. The van der Waals surface area contributed by atoms with Crippen LogP contribution in [0.5, 0.6) is 11.5 Å². The van der Waals surface area contributed by atoms with Crippen LogP contribution in [0.15, 0.2) is 61.6 Å². The van der Waals surface area contributed by atoms with E-state index < -0.39 is 0 Å². The van der Waals surface area contributed by atoms with Crippen molar-refractivity contribution >= 4 is 11.8 Å². The van der Waals surface area contributed by atoms with Crippen molar-refractivity contribution < 1.29 is 54.3 Å². The van der Waals surface area contributed by atoms with E-state index in [1.165, 1.54) is 0 Å². The van der Waals surface area contributed by atoms with Crippen molar-refractivity contribution in [1.82, 2.24) is 4.90 Å². The van der Waals surface area contributed by atoms with Gasteiger partial charge < -0.3 is 9.47 Å². The summed E-state index contributed by atoms with van der Waals surface area (Å²) in [4.78, 5) is 2.48. The van der Waals surface area contributed by atoms with Gasteiger partial charge in [0.25, 0.3) is 0 Å². The van der Waals surface area contributed by atoms with E-state index in [4.69, 9.17) is 14.2 Å². The van der Waals surface area contributed by atoms with Crippen molar-refractivity contribution in [1.29, 1.82) is 0 Å². The summed E-state index contributed by atoms with van der Waals surface area (Å²) in [7, 11) is 3.30. The van der Waals surface area contributed by atoms with Gasteiger partial charge in [-0.2, -0.15) is 37.1 Å². The number of methoxy groups -OCH3 is 2. The fourth-order valence-corrected chi connectivity index (χ4v) is 5.77. The molecular weight excluding hydrogens is 528 g/mol. The maximum Gasteiger partial charge on any atom is 1.00 e. The zero-order valence-corrected chi connectivity index (χ0v) is 22.2. The Bertz CT molecular complexity index is 796. The summed E-state index contributed by atoms with van der Waals surface area (Å²) >= 11 is 1.84. The third kappa shape index (κ3) is 12.2. The maximum absolute atomic E-state index is 5.31. The van der Waals surface area contributed by atoms with Crippen molar-refractivity contribution in [3.05, 3.63) is 92.0 Å². The molecule has 2 aromatic carbocycles. The number of benzene rings is 2. The molecule has 2 aliphatic rings. The maximum atomic E-state index is 5.31. The van der Waals surface area contributed by atoms with Crippen LogP contribution in [-0.4, -0.2) is 52.0 Å². The molecule has 0 unspecified atom stereocenters. The van der Waals surface area contributed by atoms with Crippen LogP contribution in [0.3, 0.4) is 0 Å². The summed E-state index contributed by atoms with van der Waals surface area (Å²) in [6.07, 6.45) is 0. The molecule has 1 saturated heterocycles. The third-order valence-corrected chi connectivity index (χ3v) is 7.82. The molecule has 0 aromatic heterocycles. The number of hydrogen-bond acceptors (Lipinski definition) is 5. The average Bonchev–Trinajstić information content (AvgIpc) is 2.81. The van der Waals surface area contributed by atoms with Gasteiger partial charge in [-0.15, -0.1) is 24.3 Å². The molecule has 2 heterocycles. The topological polar surface area (TPSA) is 30.9 Å². The van der Waals surface area contributed by atoms with E-state index in [0.29, 0.717) is 0 Å². The predicted octanol–water partition coefficient (Wildman–Crippen LogP) is -0.971. The monoisotopic (exact) mass is 558 g/mol. The standard InChI is InChI=1S/C9H12INOS.2C8H9O.Li/c1-6-13-8-9(10-1)7-11-2-4-12-5-3-11;2*1-7-4-3-5-8(6-7)9-2;/h1,8H,2-5,7H2;2*3-6H,1H2,2H3;/q-2;2*-1;+1. The summed E-state index contributed by atoms with van der Waals surface area (Å²) in [5.41, 5.74) is 1.96. The number of rotatable bonds is 4. The van der Waals surface area contributed by atoms with Crippen LogP contribution in [-0.2, 0) is 4.74 Å². The van der Waals surface area contributed by atoms with E-state index in [1.54, 1.807) is 29.6 Å². The molecule has 0 N–H and O–H groups in total. The number of hydrogen-bond donors (Lipinski definition) is 0. The SMILES string of the molecule is [C-]1=C[I-]C(CN2CCOCC2)=CS1.[CH2-]c1cccc(OC)c1.[CH2-]c1cccc(OC)c1.[Li+]. The Morgan fingerprint density at radius 3 is 1.97 bits per heavy atom. The Kier molecular flexibility index (Phi) is 15.7. The van der Waals surface area contributed by atoms with Gasteiger partial charge >= 0.3 is 113 Å². The van der Waals surface area contributed by atoms with Crippen molar-refractivity contribution in [2.24, 2.45) is 0 Å². The van der Waals surface area contributed by atoms with E-state index in [-0.39, 0.29) is 40.1 Å². The van der Waals surface area contributed by atoms with Crippen molar-refractivity contribution in [2.45, 2.75) is 0 Å². The largest absolute Gasteiger partial charge is 1.00 e. The van der Waals surface area contributed by atoms with Gasteiger partial charge in [-0.3, -0.25) is 0 Å². The minimum atomic E-state index is 0. The normalized spacial score (nSPS) is 15.2. The Hall–Kier alpha value is -1.14. The number of thioether (sulfide) groups is 1. The molecule has 0 atom stereocenters. The second-order valence-corrected chi connectivity index (χ2v) is 9.95. The first-order valence-corrected chi connectivity index (χ1v) is 13.1. The summed E-state index contributed by atoms with van der Waals surface area (Å²) in [5, 5.41) is 5.44. The van der Waals surface area contributed by atoms with Gasteiger partial charge in [0.2, 0.25) is 0 Å². The van der Waals surface area contributed by atoms with E-state index >= 15 is 0 Å². The molecule has 7 heteroatoms. The second kappa shape index (κ2) is 17.3. The number of morpholine rings is 1. The van der Waals surface area contributed by atoms with E-state index in [1.807, 2.05) is 48.5 Å². The fourth-order valence-electron chi connectivity index (χ4n) is 2.63. The van der Waals surface area contributed by atoms with Gasteiger partial charge in [0.15, 0.2) is 0 Å². The van der Waals surface area contributed by atoms with Crippen LogP contribution in [0.2, 0.25) is 0 Å². The predicted molar refractivity (Wildman–Crippen MR) is 126 cm³/mol. The third-order valence-electron chi connectivity index (χ3n) is 4.24. The Balaban J connectivity index is 0.000000243. The quantitative estimate of drug-likeness (QED) is 0.274. The van der Waals surface area contributed by atoms with Gasteiger partial charge in [-0.1, -0.05) is 0 Å². The molecule has 32 heavy (non-hydrogen) atoms. The Morgan fingerprint density at radius 2 is 1.56 bits per heavy atom. The molecule has 0 radical (unpaired) electrons.